The van der Waals surface area contributed by atoms with Gasteiger partial charge in [0.1, 0.15) is 5.60 Å². The predicted molar refractivity (Wildman–Crippen MR) is 114 cm³/mol. The van der Waals surface area contributed by atoms with Crippen molar-refractivity contribution in [1.29, 1.82) is 0 Å². The summed E-state index contributed by atoms with van der Waals surface area (Å²) in [6.07, 6.45) is 6.07. The molecule has 8 atom stereocenters. The van der Waals surface area contributed by atoms with Crippen molar-refractivity contribution >= 4 is 29.1 Å². The molecular formula is C24H31ClO6. The molecule has 31 heavy (non-hydrogen) atoms. The van der Waals surface area contributed by atoms with Gasteiger partial charge >= 0.3 is 5.97 Å². The first-order chi connectivity index (χ1) is 14.3. The fourth-order valence-corrected chi connectivity index (χ4v) is 7.94. The summed E-state index contributed by atoms with van der Waals surface area (Å²) in [5.74, 6) is -1.79. The maximum Gasteiger partial charge on any atom is 0.303 e. The molecule has 0 saturated heterocycles. The second kappa shape index (κ2) is 7.00. The number of hydrogen-bond acceptors (Lipinski definition) is 6. The van der Waals surface area contributed by atoms with Gasteiger partial charge in [-0.15, -0.1) is 11.6 Å². The maximum absolute atomic E-state index is 13.1. The van der Waals surface area contributed by atoms with E-state index in [2.05, 4.69) is 0 Å². The minimum absolute atomic E-state index is 0.0683. The van der Waals surface area contributed by atoms with Crippen molar-refractivity contribution in [3.8, 4) is 0 Å². The minimum Gasteiger partial charge on any atom is -0.458 e. The first-order valence-electron chi connectivity index (χ1n) is 11.0. The van der Waals surface area contributed by atoms with Crippen LogP contribution in [0.1, 0.15) is 53.4 Å². The van der Waals surface area contributed by atoms with Gasteiger partial charge in [0.05, 0.1) is 11.0 Å². The second-order valence-electron chi connectivity index (χ2n) is 10.4. The molecule has 3 saturated carbocycles. The van der Waals surface area contributed by atoms with Gasteiger partial charge in [-0.1, -0.05) is 32.4 Å². The van der Waals surface area contributed by atoms with Gasteiger partial charge in [0, 0.05) is 17.8 Å². The summed E-state index contributed by atoms with van der Waals surface area (Å²) < 4.78 is 4.92. The predicted octanol–water partition coefficient (Wildman–Crippen LogP) is 2.74. The van der Waals surface area contributed by atoms with Crippen LogP contribution >= 0.6 is 11.6 Å². The molecule has 4 aliphatic rings. The van der Waals surface area contributed by atoms with Crippen LogP contribution in [0.15, 0.2) is 23.8 Å². The van der Waals surface area contributed by atoms with E-state index in [1.54, 1.807) is 6.08 Å². The zero-order valence-electron chi connectivity index (χ0n) is 18.5. The Balaban J connectivity index is 1.76. The SMILES string of the molecule is CC(=O)OCC(=O)C1(O)C(C)CC2C3CCC4=CC(=O)C=CC4(C)C3(Cl)C(O)CC21C. The number of aliphatic hydroxyl groups excluding tert-OH is 1. The number of allylic oxidation sites excluding steroid dienone is 4. The number of aliphatic hydroxyl groups is 2. The Morgan fingerprint density at radius 1 is 1.29 bits per heavy atom. The molecule has 0 bridgehead atoms. The number of ether oxygens (including phenoxy) is 1. The lowest BCUT2D eigenvalue weighted by molar-refractivity contribution is -0.182. The number of Topliss-reactive ketones (excluding diaryl/α,β-unsaturated/α-hetero) is 1. The van der Waals surface area contributed by atoms with E-state index >= 15 is 0 Å². The van der Waals surface area contributed by atoms with Crippen molar-refractivity contribution in [3.63, 3.8) is 0 Å². The highest BCUT2D eigenvalue weighted by molar-refractivity contribution is 6.26. The molecule has 4 aliphatic carbocycles. The molecule has 0 aromatic carbocycles. The Morgan fingerprint density at radius 3 is 2.61 bits per heavy atom. The number of halogens is 1. The van der Waals surface area contributed by atoms with Gasteiger partial charge in [0.2, 0.25) is 5.78 Å². The van der Waals surface area contributed by atoms with Crippen LogP contribution in [0.4, 0.5) is 0 Å². The Bertz CT molecular complexity index is 910. The van der Waals surface area contributed by atoms with E-state index < -0.39 is 45.8 Å². The summed E-state index contributed by atoms with van der Waals surface area (Å²) in [7, 11) is 0. The average molecular weight is 451 g/mol. The third-order valence-corrected chi connectivity index (χ3v) is 9.98. The first-order valence-corrected chi connectivity index (χ1v) is 11.4. The fraction of sp³-hybridized carbons (Fsp3) is 0.708. The molecule has 170 valence electrons. The molecule has 4 rings (SSSR count). The Morgan fingerprint density at radius 2 is 1.97 bits per heavy atom. The maximum atomic E-state index is 13.1. The average Bonchev–Trinajstić information content (AvgIpc) is 2.89. The molecule has 3 fully saturated rings. The van der Waals surface area contributed by atoms with Gasteiger partial charge in [-0.2, -0.15) is 0 Å². The van der Waals surface area contributed by atoms with Crippen molar-refractivity contribution in [2.24, 2.45) is 28.6 Å². The number of rotatable bonds is 3. The van der Waals surface area contributed by atoms with E-state index in [4.69, 9.17) is 16.3 Å². The van der Waals surface area contributed by atoms with Crippen molar-refractivity contribution in [3.05, 3.63) is 23.8 Å². The van der Waals surface area contributed by atoms with Gasteiger partial charge in [-0.3, -0.25) is 14.4 Å². The third-order valence-electron chi connectivity index (χ3n) is 9.05. The van der Waals surface area contributed by atoms with Crippen molar-refractivity contribution in [1.82, 2.24) is 0 Å². The molecule has 0 aromatic rings. The van der Waals surface area contributed by atoms with Crippen LogP contribution in [0.3, 0.4) is 0 Å². The zero-order chi connectivity index (χ0) is 23.0. The smallest absolute Gasteiger partial charge is 0.303 e. The molecular weight excluding hydrogens is 420 g/mol. The largest absolute Gasteiger partial charge is 0.458 e. The highest BCUT2D eigenvalue weighted by atomic mass is 35.5. The van der Waals surface area contributed by atoms with Gasteiger partial charge in [0.15, 0.2) is 12.4 Å². The Labute approximate surface area is 187 Å². The highest BCUT2D eigenvalue weighted by Gasteiger charge is 2.74. The number of esters is 1. The molecule has 0 spiro atoms. The summed E-state index contributed by atoms with van der Waals surface area (Å²) >= 11 is 7.35. The van der Waals surface area contributed by atoms with Crippen LogP contribution in [-0.2, 0) is 19.1 Å². The van der Waals surface area contributed by atoms with E-state index in [-0.39, 0.29) is 30.0 Å². The van der Waals surface area contributed by atoms with Crippen molar-refractivity contribution in [2.45, 2.75) is 70.0 Å². The summed E-state index contributed by atoms with van der Waals surface area (Å²) in [5, 5.41) is 23.2. The topological polar surface area (TPSA) is 101 Å². The quantitative estimate of drug-likeness (QED) is 0.506. The van der Waals surface area contributed by atoms with Gasteiger partial charge in [-0.05, 0) is 55.6 Å². The minimum atomic E-state index is -1.72. The van der Waals surface area contributed by atoms with Crippen LogP contribution in [0.2, 0.25) is 0 Å². The van der Waals surface area contributed by atoms with Gasteiger partial charge < -0.3 is 14.9 Å². The van der Waals surface area contributed by atoms with E-state index in [9.17, 15) is 24.6 Å². The monoisotopic (exact) mass is 450 g/mol. The molecule has 2 N–H and O–H groups in total. The number of hydrogen-bond donors (Lipinski definition) is 2. The summed E-state index contributed by atoms with van der Waals surface area (Å²) in [6.45, 7) is 6.42. The number of fused-ring (bicyclic) bond motifs is 5. The standard InChI is InChI=1S/C24H31ClO6/c1-13-9-18-17-6-5-15-10-16(27)7-8-21(15,3)23(17,25)19(28)11-22(18,4)24(13,30)20(29)12-31-14(2)26/h7-8,10,13,17-19,28,30H,5-6,9,11-12H2,1-4H3. The Hall–Kier alpha value is -1.50. The third kappa shape index (κ3) is 2.74. The zero-order valence-corrected chi connectivity index (χ0v) is 19.2. The van der Waals surface area contributed by atoms with Gasteiger partial charge in [-0.25, -0.2) is 0 Å². The highest BCUT2D eigenvalue weighted by Crippen LogP contribution is 2.71. The van der Waals surface area contributed by atoms with Crippen LogP contribution in [0.25, 0.3) is 0 Å². The normalized spacial score (nSPS) is 48.4. The van der Waals surface area contributed by atoms with Crippen molar-refractivity contribution < 1.29 is 29.3 Å². The van der Waals surface area contributed by atoms with Crippen LogP contribution in [0.5, 0.6) is 0 Å². The van der Waals surface area contributed by atoms with Crippen LogP contribution in [0, 0.1) is 28.6 Å². The molecule has 0 aliphatic heterocycles. The second-order valence-corrected chi connectivity index (χ2v) is 11.0. The number of carbonyl (C=O) groups is 3. The lowest BCUT2D eigenvalue weighted by atomic mass is 9.45. The number of ketones is 2. The Kier molecular flexibility index (Phi) is 5.12. The molecule has 6 nitrogen and oxygen atoms in total. The lowest BCUT2D eigenvalue weighted by Crippen LogP contribution is -2.69. The van der Waals surface area contributed by atoms with Crippen molar-refractivity contribution in [2.75, 3.05) is 6.61 Å². The summed E-state index contributed by atoms with van der Waals surface area (Å²) in [4.78, 5) is 35.3. The molecule has 8 unspecified atom stereocenters. The van der Waals surface area contributed by atoms with E-state index in [1.165, 1.54) is 13.0 Å². The summed E-state index contributed by atoms with van der Waals surface area (Å²) in [5.41, 5.74) is -2.38. The van der Waals surface area contributed by atoms with Gasteiger partial charge in [0.25, 0.3) is 0 Å². The number of alkyl halides is 1. The first kappa shape index (κ1) is 22.7. The molecule has 0 radical (unpaired) electrons. The van der Waals surface area contributed by atoms with Crippen LogP contribution < -0.4 is 0 Å². The lowest BCUT2D eigenvalue weighted by Gasteiger charge is -2.63. The molecule has 7 heteroatoms. The summed E-state index contributed by atoms with van der Waals surface area (Å²) in [6, 6.07) is 0. The van der Waals surface area contributed by atoms with E-state index in [0.29, 0.717) is 19.3 Å². The molecule has 0 aromatic heterocycles. The van der Waals surface area contributed by atoms with E-state index in [0.717, 1.165) is 5.57 Å². The molecule has 0 heterocycles. The molecule has 0 amide bonds. The number of carbonyl (C=O) groups excluding carboxylic acids is 3. The van der Waals surface area contributed by atoms with Crippen LogP contribution in [-0.4, -0.2) is 50.9 Å². The van der Waals surface area contributed by atoms with E-state index in [1.807, 2.05) is 26.8 Å². The fourth-order valence-electron chi connectivity index (χ4n) is 7.42.